The third-order valence-electron chi connectivity index (χ3n) is 4.69. The molecule has 2 aromatic carbocycles. The van der Waals surface area contributed by atoms with Crippen LogP contribution in [0, 0.1) is 0 Å². The van der Waals surface area contributed by atoms with Gasteiger partial charge in [0.05, 0.1) is 13.2 Å². The number of anilines is 1. The van der Waals surface area contributed by atoms with E-state index in [1.807, 2.05) is 13.8 Å². The van der Waals surface area contributed by atoms with Crippen LogP contribution < -0.4 is 29.6 Å². The molecule has 182 valence electrons. The fourth-order valence-electron chi connectivity index (χ4n) is 3.10. The molecule has 1 aliphatic rings. The molecule has 0 spiro atoms. The molecule has 2 aromatic rings. The van der Waals surface area contributed by atoms with Crippen molar-refractivity contribution in [3.05, 3.63) is 42.0 Å². The van der Waals surface area contributed by atoms with E-state index in [-0.39, 0.29) is 0 Å². The summed E-state index contributed by atoms with van der Waals surface area (Å²) in [7, 11) is 0. The van der Waals surface area contributed by atoms with Crippen LogP contribution in [0.4, 0.5) is 5.69 Å². The Labute approximate surface area is 197 Å². The molecule has 0 aliphatic carbocycles. The Morgan fingerprint density at radius 1 is 0.941 bits per heavy atom. The highest BCUT2D eigenvalue weighted by molar-refractivity contribution is 5.97. The molecule has 0 radical (unpaired) electrons. The average molecular weight is 472 g/mol. The fraction of sp³-hybridized carbons (Fsp3) is 0.375. The SMILES string of the molecule is CCOc1ccc(C(=O)NCC(=O)O[C@H](C)C(=O)Nc2ccc3c(c2)OCCO3)cc1OCC. The van der Waals surface area contributed by atoms with Crippen molar-refractivity contribution in [2.75, 3.05) is 38.3 Å². The molecule has 10 heteroatoms. The van der Waals surface area contributed by atoms with Crippen LogP contribution in [0.1, 0.15) is 31.1 Å². The van der Waals surface area contributed by atoms with Crippen molar-refractivity contribution in [2.45, 2.75) is 26.9 Å². The fourth-order valence-corrected chi connectivity index (χ4v) is 3.10. The molecule has 2 N–H and O–H groups in total. The summed E-state index contributed by atoms with van der Waals surface area (Å²) in [4.78, 5) is 37.0. The topological polar surface area (TPSA) is 121 Å². The number of esters is 1. The number of benzene rings is 2. The zero-order chi connectivity index (χ0) is 24.5. The number of carbonyl (C=O) groups is 3. The Kier molecular flexibility index (Phi) is 8.55. The van der Waals surface area contributed by atoms with Crippen LogP contribution in [0.3, 0.4) is 0 Å². The van der Waals surface area contributed by atoms with Crippen molar-refractivity contribution >= 4 is 23.5 Å². The lowest BCUT2D eigenvalue weighted by Gasteiger charge is -2.19. The molecule has 1 heterocycles. The van der Waals surface area contributed by atoms with Crippen molar-refractivity contribution in [1.29, 1.82) is 0 Å². The maximum atomic E-state index is 12.4. The first-order valence-electron chi connectivity index (χ1n) is 11.0. The lowest BCUT2D eigenvalue weighted by Crippen LogP contribution is -2.35. The summed E-state index contributed by atoms with van der Waals surface area (Å²) >= 11 is 0. The molecule has 1 atom stereocenters. The number of ether oxygens (including phenoxy) is 5. The van der Waals surface area contributed by atoms with Gasteiger partial charge in [-0.1, -0.05) is 0 Å². The molecule has 3 rings (SSSR count). The summed E-state index contributed by atoms with van der Waals surface area (Å²) < 4.78 is 27.0. The van der Waals surface area contributed by atoms with E-state index in [1.54, 1.807) is 36.4 Å². The van der Waals surface area contributed by atoms with Gasteiger partial charge in [0, 0.05) is 17.3 Å². The van der Waals surface area contributed by atoms with Crippen molar-refractivity contribution in [1.82, 2.24) is 5.32 Å². The Morgan fingerprint density at radius 3 is 2.38 bits per heavy atom. The van der Waals surface area contributed by atoms with Gasteiger partial charge >= 0.3 is 5.97 Å². The predicted octanol–water partition coefficient (Wildman–Crippen LogP) is 2.56. The summed E-state index contributed by atoms with van der Waals surface area (Å²) in [5, 5.41) is 5.13. The number of carbonyl (C=O) groups excluding carboxylic acids is 3. The summed E-state index contributed by atoms with van der Waals surface area (Å²) in [6, 6.07) is 9.72. The van der Waals surface area contributed by atoms with Gasteiger partial charge in [-0.15, -0.1) is 0 Å². The van der Waals surface area contributed by atoms with E-state index in [0.717, 1.165) is 0 Å². The van der Waals surface area contributed by atoms with Gasteiger partial charge in [-0.3, -0.25) is 14.4 Å². The molecule has 2 amide bonds. The van der Waals surface area contributed by atoms with Gasteiger partial charge in [-0.2, -0.15) is 0 Å². The summed E-state index contributed by atoms with van der Waals surface area (Å²) in [6.07, 6.45) is -1.08. The van der Waals surface area contributed by atoms with Crippen molar-refractivity contribution in [3.8, 4) is 23.0 Å². The van der Waals surface area contributed by atoms with E-state index in [4.69, 9.17) is 23.7 Å². The molecule has 0 aromatic heterocycles. The molecular formula is C24H28N2O8. The monoisotopic (exact) mass is 472 g/mol. The third kappa shape index (κ3) is 6.53. The lowest BCUT2D eigenvalue weighted by molar-refractivity contribution is -0.152. The molecule has 0 saturated carbocycles. The van der Waals surface area contributed by atoms with E-state index in [2.05, 4.69) is 10.6 Å². The summed E-state index contributed by atoms with van der Waals surface area (Å²) in [5.41, 5.74) is 0.773. The van der Waals surface area contributed by atoms with Crippen molar-refractivity contribution in [3.63, 3.8) is 0 Å². The maximum Gasteiger partial charge on any atom is 0.326 e. The smallest absolute Gasteiger partial charge is 0.326 e. The molecule has 0 saturated heterocycles. The highest BCUT2D eigenvalue weighted by Crippen LogP contribution is 2.32. The normalized spacial score (nSPS) is 12.8. The molecule has 0 unspecified atom stereocenters. The number of hydrogen-bond acceptors (Lipinski definition) is 8. The van der Waals surface area contributed by atoms with E-state index < -0.39 is 30.4 Å². The molecular weight excluding hydrogens is 444 g/mol. The summed E-state index contributed by atoms with van der Waals surface area (Å²) in [6.45, 7) is 6.46. The van der Waals surface area contributed by atoms with Crippen LogP contribution in [-0.2, 0) is 14.3 Å². The van der Waals surface area contributed by atoms with Gasteiger partial charge in [0.25, 0.3) is 11.8 Å². The Hall–Kier alpha value is -3.95. The Morgan fingerprint density at radius 2 is 1.65 bits per heavy atom. The van der Waals surface area contributed by atoms with Crippen molar-refractivity contribution < 1.29 is 38.1 Å². The standard InChI is InChI=1S/C24H28N2O8/c1-4-30-18-8-6-16(12-20(18)31-5-2)24(29)25-14-22(27)34-15(3)23(28)26-17-7-9-19-21(13-17)33-11-10-32-19/h6-9,12-13,15H,4-5,10-11,14H2,1-3H3,(H,25,29)(H,26,28)/t15-/m1/s1. The van der Waals surface area contributed by atoms with Crippen LogP contribution >= 0.6 is 0 Å². The molecule has 1 aliphatic heterocycles. The van der Waals surface area contributed by atoms with Gasteiger partial charge < -0.3 is 34.3 Å². The lowest BCUT2D eigenvalue weighted by atomic mass is 10.2. The van der Waals surface area contributed by atoms with Crippen LogP contribution in [0.25, 0.3) is 0 Å². The van der Waals surface area contributed by atoms with Crippen LogP contribution in [0.15, 0.2) is 36.4 Å². The number of fused-ring (bicyclic) bond motifs is 1. The number of amides is 2. The van der Waals surface area contributed by atoms with Gasteiger partial charge in [0.1, 0.15) is 19.8 Å². The van der Waals surface area contributed by atoms with Gasteiger partial charge in [-0.25, -0.2) is 0 Å². The number of nitrogens with one attached hydrogen (secondary N) is 2. The first-order chi connectivity index (χ1) is 16.4. The zero-order valence-electron chi connectivity index (χ0n) is 19.3. The van der Waals surface area contributed by atoms with E-state index in [1.165, 1.54) is 6.92 Å². The van der Waals surface area contributed by atoms with Crippen LogP contribution in [0.2, 0.25) is 0 Å². The van der Waals surface area contributed by atoms with Crippen LogP contribution in [0.5, 0.6) is 23.0 Å². The van der Waals surface area contributed by atoms with E-state index >= 15 is 0 Å². The van der Waals surface area contributed by atoms with Crippen LogP contribution in [-0.4, -0.2) is 56.9 Å². The third-order valence-corrected chi connectivity index (χ3v) is 4.69. The summed E-state index contributed by atoms with van der Waals surface area (Å²) in [5.74, 6) is 0.313. The van der Waals surface area contributed by atoms with E-state index in [0.29, 0.717) is 60.7 Å². The predicted molar refractivity (Wildman–Crippen MR) is 123 cm³/mol. The quantitative estimate of drug-likeness (QED) is 0.506. The highest BCUT2D eigenvalue weighted by atomic mass is 16.6. The molecule has 0 fully saturated rings. The van der Waals surface area contributed by atoms with Gasteiger partial charge in [-0.05, 0) is 51.1 Å². The highest BCUT2D eigenvalue weighted by Gasteiger charge is 2.20. The minimum absolute atomic E-state index is 0.295. The number of hydrogen-bond donors (Lipinski definition) is 2. The Bertz CT molecular complexity index is 1040. The second-order valence-electron chi connectivity index (χ2n) is 7.19. The molecule has 0 bridgehead atoms. The minimum Gasteiger partial charge on any atom is -0.490 e. The minimum atomic E-state index is -1.08. The second kappa shape index (κ2) is 11.8. The average Bonchev–Trinajstić information content (AvgIpc) is 2.83. The first-order valence-corrected chi connectivity index (χ1v) is 11.0. The first kappa shape index (κ1) is 24.7. The van der Waals surface area contributed by atoms with Gasteiger partial charge in [0.15, 0.2) is 29.1 Å². The molecule has 10 nitrogen and oxygen atoms in total. The van der Waals surface area contributed by atoms with E-state index in [9.17, 15) is 14.4 Å². The van der Waals surface area contributed by atoms with Gasteiger partial charge in [0.2, 0.25) is 0 Å². The Balaban J connectivity index is 1.49. The van der Waals surface area contributed by atoms with Crippen molar-refractivity contribution in [2.24, 2.45) is 0 Å². The second-order valence-corrected chi connectivity index (χ2v) is 7.19. The molecule has 34 heavy (non-hydrogen) atoms. The number of rotatable bonds is 10. The maximum absolute atomic E-state index is 12.4. The largest absolute Gasteiger partial charge is 0.490 e. The zero-order valence-corrected chi connectivity index (χ0v) is 19.3.